The minimum absolute atomic E-state index is 0.176. The van der Waals surface area contributed by atoms with Crippen molar-refractivity contribution in [2.45, 2.75) is 59.0 Å². The molecule has 152 valence electrons. The number of amides is 1. The number of fused-ring (bicyclic) bond motifs is 1. The minimum Gasteiger partial charge on any atom is -0.342 e. The Morgan fingerprint density at radius 1 is 1.11 bits per heavy atom. The average Bonchev–Trinajstić information content (AvgIpc) is 2.86. The summed E-state index contributed by atoms with van der Waals surface area (Å²) in [7, 11) is 0. The number of piperidine rings is 1. The lowest BCUT2D eigenvalue weighted by Gasteiger charge is -2.33. The zero-order valence-electron chi connectivity index (χ0n) is 16.9. The zero-order chi connectivity index (χ0) is 19.7. The van der Waals surface area contributed by atoms with Crippen LogP contribution in [-0.2, 0) is 11.5 Å². The zero-order valence-corrected chi connectivity index (χ0v) is 17.7. The first-order valence-electron chi connectivity index (χ1n) is 10.5. The second-order valence-corrected chi connectivity index (χ2v) is 8.59. The average molecular weight is 403 g/mol. The summed E-state index contributed by atoms with van der Waals surface area (Å²) in [5.41, 5.74) is 2.01. The van der Waals surface area contributed by atoms with Gasteiger partial charge in [0, 0.05) is 43.5 Å². The predicted octanol–water partition coefficient (Wildman–Crippen LogP) is 2.95. The Kier molecular flexibility index (Phi) is 5.78. The van der Waals surface area contributed by atoms with Crippen molar-refractivity contribution in [3.05, 3.63) is 22.2 Å². The number of likely N-dealkylation sites (tertiary alicyclic amines) is 2. The van der Waals surface area contributed by atoms with Gasteiger partial charge in [-0.05, 0) is 57.8 Å². The first-order chi connectivity index (χ1) is 13.5. The van der Waals surface area contributed by atoms with Gasteiger partial charge in [-0.3, -0.25) is 14.1 Å². The van der Waals surface area contributed by atoms with Crippen LogP contribution in [0.25, 0.3) is 5.78 Å². The molecule has 0 saturated carbocycles. The van der Waals surface area contributed by atoms with Gasteiger partial charge in [0.2, 0.25) is 10.7 Å². The van der Waals surface area contributed by atoms with Crippen molar-refractivity contribution in [3.63, 3.8) is 0 Å². The van der Waals surface area contributed by atoms with Crippen molar-refractivity contribution in [1.82, 2.24) is 29.0 Å². The largest absolute Gasteiger partial charge is 0.342 e. The van der Waals surface area contributed by atoms with Gasteiger partial charge in [-0.15, -0.1) is 5.10 Å². The Balaban J connectivity index is 1.39. The molecule has 2 saturated heterocycles. The molecule has 0 spiro atoms. The van der Waals surface area contributed by atoms with Crippen LogP contribution in [0.15, 0.2) is 6.07 Å². The molecule has 0 atom stereocenters. The standard InChI is InChI=1S/C20H30N6OS/c1-15-13-16(2)26-19(21-15)22-25(20(26)28)14-23-11-7-17(8-12-23)18(27)24-9-5-3-4-6-10-24/h13,17H,3-12,14H2,1-2H3. The van der Waals surface area contributed by atoms with Gasteiger partial charge >= 0.3 is 0 Å². The quantitative estimate of drug-likeness (QED) is 0.739. The normalized spacial score (nSPS) is 19.9. The van der Waals surface area contributed by atoms with E-state index in [2.05, 4.69) is 19.9 Å². The highest BCUT2D eigenvalue weighted by Crippen LogP contribution is 2.22. The molecule has 0 N–H and O–H groups in total. The maximum Gasteiger partial charge on any atom is 0.254 e. The van der Waals surface area contributed by atoms with Crippen LogP contribution < -0.4 is 0 Å². The lowest BCUT2D eigenvalue weighted by atomic mass is 9.95. The fourth-order valence-corrected chi connectivity index (χ4v) is 4.81. The van der Waals surface area contributed by atoms with Gasteiger partial charge in [-0.2, -0.15) is 0 Å². The monoisotopic (exact) mass is 402 g/mol. The lowest BCUT2D eigenvalue weighted by molar-refractivity contribution is -0.137. The Labute approximate surface area is 171 Å². The number of aryl methyl sites for hydroxylation is 2. The van der Waals surface area contributed by atoms with Crippen molar-refractivity contribution in [2.24, 2.45) is 5.92 Å². The van der Waals surface area contributed by atoms with E-state index in [1.165, 1.54) is 12.8 Å². The molecular weight excluding hydrogens is 372 g/mol. The van der Waals surface area contributed by atoms with E-state index in [0.717, 1.165) is 63.3 Å². The summed E-state index contributed by atoms with van der Waals surface area (Å²) in [5, 5.41) is 4.61. The van der Waals surface area contributed by atoms with Gasteiger partial charge in [0.05, 0.1) is 6.67 Å². The van der Waals surface area contributed by atoms with Gasteiger partial charge in [-0.25, -0.2) is 9.67 Å². The van der Waals surface area contributed by atoms with Gasteiger partial charge in [-0.1, -0.05) is 12.8 Å². The molecule has 4 rings (SSSR count). The van der Waals surface area contributed by atoms with Crippen LogP contribution in [0.3, 0.4) is 0 Å². The molecule has 0 radical (unpaired) electrons. The summed E-state index contributed by atoms with van der Waals surface area (Å²) in [5.74, 6) is 1.21. The number of hydrogen-bond acceptors (Lipinski definition) is 5. The highest BCUT2D eigenvalue weighted by atomic mass is 32.1. The molecule has 8 heteroatoms. The van der Waals surface area contributed by atoms with Gasteiger partial charge < -0.3 is 4.90 Å². The van der Waals surface area contributed by atoms with Gasteiger partial charge in [0.1, 0.15) is 0 Å². The molecule has 2 aliphatic rings. The number of carbonyl (C=O) groups excluding carboxylic acids is 1. The van der Waals surface area contributed by atoms with E-state index in [0.29, 0.717) is 23.1 Å². The SMILES string of the molecule is Cc1cc(C)n2c(=S)n(CN3CCC(C(=O)N4CCCCCC4)CC3)nc2n1. The van der Waals surface area contributed by atoms with E-state index < -0.39 is 0 Å². The molecule has 0 bridgehead atoms. The van der Waals surface area contributed by atoms with Crippen molar-refractivity contribution >= 4 is 23.9 Å². The Hall–Kier alpha value is -1.80. The van der Waals surface area contributed by atoms with E-state index in [-0.39, 0.29) is 5.92 Å². The van der Waals surface area contributed by atoms with Crippen LogP contribution in [0.1, 0.15) is 49.9 Å². The van der Waals surface area contributed by atoms with E-state index in [1.807, 2.05) is 29.0 Å². The summed E-state index contributed by atoms with van der Waals surface area (Å²) >= 11 is 5.63. The number of rotatable bonds is 3. The molecule has 0 unspecified atom stereocenters. The van der Waals surface area contributed by atoms with E-state index in [4.69, 9.17) is 12.2 Å². The van der Waals surface area contributed by atoms with Crippen molar-refractivity contribution in [2.75, 3.05) is 26.2 Å². The Morgan fingerprint density at radius 2 is 1.79 bits per heavy atom. The first-order valence-corrected chi connectivity index (χ1v) is 10.9. The molecule has 0 aliphatic carbocycles. The number of hydrogen-bond donors (Lipinski definition) is 0. The molecule has 2 aliphatic heterocycles. The molecule has 2 aromatic rings. The van der Waals surface area contributed by atoms with Gasteiger partial charge in [0.15, 0.2) is 0 Å². The van der Waals surface area contributed by atoms with Crippen LogP contribution >= 0.6 is 12.2 Å². The summed E-state index contributed by atoms with van der Waals surface area (Å²) in [6, 6.07) is 2.02. The minimum atomic E-state index is 0.176. The third-order valence-corrected chi connectivity index (χ3v) is 6.45. The summed E-state index contributed by atoms with van der Waals surface area (Å²) in [6.45, 7) is 8.37. The Bertz CT molecular complexity index is 903. The lowest BCUT2D eigenvalue weighted by Crippen LogP contribution is -2.43. The molecule has 4 heterocycles. The molecular formula is C20H30N6OS. The van der Waals surface area contributed by atoms with Crippen molar-refractivity contribution in [1.29, 1.82) is 0 Å². The maximum absolute atomic E-state index is 12.9. The highest BCUT2D eigenvalue weighted by molar-refractivity contribution is 7.71. The maximum atomic E-state index is 12.9. The molecule has 0 aromatic carbocycles. The second-order valence-electron chi connectivity index (χ2n) is 8.23. The van der Waals surface area contributed by atoms with Crippen LogP contribution in [0, 0.1) is 24.5 Å². The fourth-order valence-electron chi connectivity index (χ4n) is 4.49. The fraction of sp³-hybridized carbons (Fsp3) is 0.700. The van der Waals surface area contributed by atoms with E-state index >= 15 is 0 Å². The second kappa shape index (κ2) is 8.29. The third-order valence-electron chi connectivity index (χ3n) is 6.06. The van der Waals surface area contributed by atoms with E-state index in [1.54, 1.807) is 0 Å². The van der Waals surface area contributed by atoms with Crippen LogP contribution in [-0.4, -0.2) is 61.1 Å². The highest BCUT2D eigenvalue weighted by Gasteiger charge is 2.29. The molecule has 2 aromatic heterocycles. The number of carbonyl (C=O) groups is 1. The first kappa shape index (κ1) is 19.5. The number of aromatic nitrogens is 4. The van der Waals surface area contributed by atoms with E-state index in [9.17, 15) is 4.79 Å². The molecule has 7 nitrogen and oxygen atoms in total. The predicted molar refractivity (Wildman–Crippen MR) is 111 cm³/mol. The van der Waals surface area contributed by atoms with Gasteiger partial charge in [0.25, 0.3) is 5.78 Å². The summed E-state index contributed by atoms with van der Waals surface area (Å²) in [4.78, 5) is 21.8. The Morgan fingerprint density at radius 3 is 2.46 bits per heavy atom. The summed E-state index contributed by atoms with van der Waals surface area (Å²) < 4.78 is 4.47. The third kappa shape index (κ3) is 3.98. The van der Waals surface area contributed by atoms with Crippen LogP contribution in [0.2, 0.25) is 0 Å². The number of nitrogens with zero attached hydrogens (tertiary/aromatic N) is 6. The van der Waals surface area contributed by atoms with Crippen molar-refractivity contribution in [3.8, 4) is 0 Å². The van der Waals surface area contributed by atoms with Crippen molar-refractivity contribution < 1.29 is 4.79 Å². The molecule has 28 heavy (non-hydrogen) atoms. The van der Waals surface area contributed by atoms with Crippen LogP contribution in [0.5, 0.6) is 0 Å². The molecule has 2 fully saturated rings. The molecule has 1 amide bonds. The smallest absolute Gasteiger partial charge is 0.254 e. The van der Waals surface area contributed by atoms with Crippen LogP contribution in [0.4, 0.5) is 0 Å². The topological polar surface area (TPSA) is 58.7 Å². The summed E-state index contributed by atoms with van der Waals surface area (Å²) in [6.07, 6.45) is 6.68.